The molecule has 3 aromatic rings. The van der Waals surface area contributed by atoms with Crippen molar-refractivity contribution in [2.75, 3.05) is 21.3 Å². The lowest BCUT2D eigenvalue weighted by molar-refractivity contribution is -0.150. The molecule has 2 aliphatic heterocycles. The average Bonchev–Trinajstić information content (AvgIpc) is 3.79. The number of aliphatic carboxylic acids is 1. The third-order valence-electron chi connectivity index (χ3n) is 11.0. The first-order chi connectivity index (χ1) is 25.3. The minimum absolute atomic E-state index is 0.0437. The molecule has 2 atom stereocenters. The van der Waals surface area contributed by atoms with Crippen LogP contribution in [0.4, 0.5) is 0 Å². The summed E-state index contributed by atoms with van der Waals surface area (Å²) in [5.74, 6) is -3.58. The molecule has 8 bridgehead atoms. The molecule has 4 N–H and O–H groups in total. The van der Waals surface area contributed by atoms with Gasteiger partial charge in [0.25, 0.3) is 0 Å². The largest absolute Gasteiger partial charge is 0.481 e. The molecule has 6 rings (SSSR count). The van der Waals surface area contributed by atoms with Gasteiger partial charge in [-0.15, -0.1) is 0 Å². The molecule has 276 valence electrons. The molecule has 0 saturated carbocycles. The van der Waals surface area contributed by atoms with Crippen molar-refractivity contribution in [3.05, 3.63) is 102 Å². The second-order valence-electron chi connectivity index (χ2n) is 13.8. The zero-order valence-corrected chi connectivity index (χ0v) is 31.0. The van der Waals surface area contributed by atoms with Gasteiger partial charge in [0.05, 0.1) is 43.7 Å². The van der Waals surface area contributed by atoms with Crippen LogP contribution in [0.25, 0.3) is 24.3 Å². The van der Waals surface area contributed by atoms with Crippen molar-refractivity contribution in [3.63, 3.8) is 0 Å². The summed E-state index contributed by atoms with van der Waals surface area (Å²) < 4.78 is 15.4. The number of methoxy groups -OCH3 is 3. The van der Waals surface area contributed by atoms with E-state index in [2.05, 4.69) is 21.5 Å². The fraction of sp³-hybridized carbons (Fsp3) is 0.341. The lowest BCUT2D eigenvalue weighted by Crippen LogP contribution is -2.41. The molecular formula is C41H44N4O8. The van der Waals surface area contributed by atoms with E-state index in [1.807, 2.05) is 52.0 Å². The molecule has 0 amide bonds. The summed E-state index contributed by atoms with van der Waals surface area (Å²) in [5.41, 5.74) is 9.48. The van der Waals surface area contributed by atoms with Crippen LogP contribution in [0.15, 0.2) is 40.6 Å². The minimum atomic E-state index is -1.15. The lowest BCUT2D eigenvalue weighted by Gasteiger charge is -2.37. The van der Waals surface area contributed by atoms with Gasteiger partial charge in [-0.1, -0.05) is 24.8 Å². The number of rotatable bonds is 9. The van der Waals surface area contributed by atoms with Gasteiger partial charge in [0, 0.05) is 58.3 Å². The van der Waals surface area contributed by atoms with Crippen LogP contribution in [-0.4, -0.2) is 71.0 Å². The van der Waals surface area contributed by atoms with E-state index in [4.69, 9.17) is 19.2 Å². The lowest BCUT2D eigenvalue weighted by atomic mass is 9.64. The number of carboxylic acids is 1. The number of fused-ring (bicyclic) bond motifs is 10. The smallest absolute Gasteiger partial charge is 0.334 e. The van der Waals surface area contributed by atoms with Crippen LogP contribution in [-0.2, 0) is 52.7 Å². The number of aromatic amines is 3. The number of aromatic nitrogens is 3. The maximum Gasteiger partial charge on any atom is 0.334 e. The van der Waals surface area contributed by atoms with E-state index in [0.717, 1.165) is 66.7 Å². The van der Waals surface area contributed by atoms with Crippen LogP contribution in [0.2, 0.25) is 0 Å². The highest BCUT2D eigenvalue weighted by Gasteiger charge is 2.54. The number of hydrogen-bond acceptors (Lipinski definition) is 8. The van der Waals surface area contributed by atoms with Crippen LogP contribution < -0.4 is 10.7 Å². The Bertz CT molecular complexity index is 2340. The van der Waals surface area contributed by atoms with E-state index in [0.29, 0.717) is 36.4 Å². The van der Waals surface area contributed by atoms with E-state index in [1.165, 1.54) is 21.3 Å². The number of nitrogens with zero attached hydrogens (tertiary/aromatic N) is 1. The van der Waals surface area contributed by atoms with E-state index in [9.17, 15) is 24.3 Å². The predicted molar refractivity (Wildman–Crippen MR) is 200 cm³/mol. The number of carbonyl (C=O) groups is 4. The highest BCUT2D eigenvalue weighted by atomic mass is 16.5. The van der Waals surface area contributed by atoms with Crippen molar-refractivity contribution in [3.8, 4) is 0 Å². The first-order valence-corrected chi connectivity index (χ1v) is 17.4. The molecule has 5 heterocycles. The maximum atomic E-state index is 13.7. The van der Waals surface area contributed by atoms with Gasteiger partial charge in [0.2, 0.25) is 0 Å². The molecule has 0 spiro atoms. The Morgan fingerprint density at radius 2 is 1.51 bits per heavy atom. The summed E-state index contributed by atoms with van der Waals surface area (Å²) in [6, 6.07) is 0. The number of carbonyl (C=O) groups excluding carboxylic acids is 3. The highest BCUT2D eigenvalue weighted by Crippen LogP contribution is 2.54. The molecule has 12 nitrogen and oxygen atoms in total. The van der Waals surface area contributed by atoms with Crippen LogP contribution in [0.3, 0.4) is 0 Å². The summed E-state index contributed by atoms with van der Waals surface area (Å²) in [6.45, 7) is 11.9. The van der Waals surface area contributed by atoms with Crippen LogP contribution in [0, 0.1) is 32.1 Å². The molecule has 0 radical (unpaired) electrons. The minimum Gasteiger partial charge on any atom is -0.481 e. The molecule has 3 aliphatic rings. The second kappa shape index (κ2) is 14.3. The van der Waals surface area contributed by atoms with Crippen molar-refractivity contribution in [2.24, 2.45) is 16.3 Å². The van der Waals surface area contributed by atoms with Crippen molar-refractivity contribution >= 4 is 53.9 Å². The van der Waals surface area contributed by atoms with E-state index >= 15 is 0 Å². The summed E-state index contributed by atoms with van der Waals surface area (Å²) in [4.78, 5) is 66.9. The van der Waals surface area contributed by atoms with Crippen molar-refractivity contribution in [2.45, 2.75) is 59.8 Å². The zero-order chi connectivity index (χ0) is 38.4. The molecule has 12 heteroatoms. The highest BCUT2D eigenvalue weighted by molar-refractivity contribution is 6.25. The molecular weight excluding hydrogens is 676 g/mol. The Morgan fingerprint density at radius 1 is 0.868 bits per heavy atom. The Labute approximate surface area is 306 Å². The number of esters is 3. The van der Waals surface area contributed by atoms with Gasteiger partial charge >= 0.3 is 23.9 Å². The molecule has 0 saturated heterocycles. The van der Waals surface area contributed by atoms with Crippen LogP contribution in [0.1, 0.15) is 75.9 Å². The third-order valence-corrected chi connectivity index (χ3v) is 11.0. The monoisotopic (exact) mass is 720 g/mol. The van der Waals surface area contributed by atoms with Crippen molar-refractivity contribution in [1.82, 2.24) is 15.0 Å². The van der Waals surface area contributed by atoms with Crippen molar-refractivity contribution in [1.29, 1.82) is 0 Å². The van der Waals surface area contributed by atoms with Gasteiger partial charge in [-0.3, -0.25) is 19.4 Å². The molecule has 53 heavy (non-hydrogen) atoms. The Hall–Kier alpha value is -5.91. The average molecular weight is 721 g/mol. The van der Waals surface area contributed by atoms with Gasteiger partial charge < -0.3 is 34.3 Å². The number of nitrogens with one attached hydrogen (secondary N) is 3. The van der Waals surface area contributed by atoms with E-state index < -0.39 is 29.2 Å². The second-order valence-corrected chi connectivity index (χ2v) is 13.8. The van der Waals surface area contributed by atoms with Gasteiger partial charge in [-0.2, -0.15) is 0 Å². The Kier molecular flexibility index (Phi) is 9.91. The summed E-state index contributed by atoms with van der Waals surface area (Å²) in [6.07, 6.45) is 12.2. The van der Waals surface area contributed by atoms with Gasteiger partial charge in [-0.05, 0) is 92.2 Å². The first kappa shape index (κ1) is 36.9. The number of allylic oxidation sites excluding steroid dienone is 3. The van der Waals surface area contributed by atoms with Crippen molar-refractivity contribution < 1.29 is 38.5 Å². The summed E-state index contributed by atoms with van der Waals surface area (Å²) in [7, 11) is 3.92. The molecule has 3 aromatic heterocycles. The first-order valence-electron chi connectivity index (χ1n) is 17.4. The number of H-pyrrole nitrogens is 3. The fourth-order valence-corrected chi connectivity index (χ4v) is 7.97. The van der Waals surface area contributed by atoms with Gasteiger partial charge in [0.1, 0.15) is 5.92 Å². The van der Waals surface area contributed by atoms with E-state index in [-0.39, 0.29) is 24.4 Å². The maximum absolute atomic E-state index is 13.7. The van der Waals surface area contributed by atoms with Gasteiger partial charge in [-0.25, -0.2) is 4.79 Å². The van der Waals surface area contributed by atoms with E-state index in [1.54, 1.807) is 12.2 Å². The molecule has 0 unspecified atom stereocenters. The van der Waals surface area contributed by atoms with Crippen LogP contribution in [0.5, 0.6) is 0 Å². The number of ether oxygens (including phenoxy) is 3. The number of hydrogen-bond donors (Lipinski definition) is 4. The number of aliphatic imine (C=N–C) groups is 1. The molecule has 0 aromatic carbocycles. The Balaban J connectivity index is 1.69. The van der Waals surface area contributed by atoms with Crippen LogP contribution >= 0.6 is 0 Å². The SMILES string of the molecule is C=Cc1c(C)c2[nH]c1=Cc1[nH]c(c(CCC(=O)O)c1C)Cc1[nH]c(c(C)c1CCC(=O)OC)C=C1N=C(C=2)C2=CC=C(C(=O)OC)[C@@H](C(=O)OC)[C@@]12C. The van der Waals surface area contributed by atoms with Gasteiger partial charge in [0.15, 0.2) is 0 Å². The third kappa shape index (κ3) is 6.32. The predicted octanol–water partition coefficient (Wildman–Crippen LogP) is 4.21. The molecule has 1 aliphatic carbocycles. The standard InChI is InChI=1S/C41H44N4O8/c1-9-23-20(2)29-17-34-27-13-10-26(39(49)52-7)38(40(50)53-8)41(27,5)35(45-34)19-30-22(4)25(12-15-37(48)51-6)33(44-30)18-32-24(11-14-36(46)47)21(3)28(43-32)16-31(23)42-29/h9-10,13,16-17,19,38,42-44H,1,11-12,14-15,18H2,2-8H3,(H,46,47)/t38-,41+/m0/s1. The normalized spacial score (nSPS) is 18.7. The quantitative estimate of drug-likeness (QED) is 0.188. The zero-order valence-electron chi connectivity index (χ0n) is 31.0. The summed E-state index contributed by atoms with van der Waals surface area (Å²) >= 11 is 0. The topological polar surface area (TPSA) is 176 Å². The fourth-order valence-electron chi connectivity index (χ4n) is 7.97. The number of carboxylic acid groups (broad SMARTS) is 1. The summed E-state index contributed by atoms with van der Waals surface area (Å²) in [5, 5.41) is 11.2. The Morgan fingerprint density at radius 3 is 2.09 bits per heavy atom. The molecule has 0 fully saturated rings.